The summed E-state index contributed by atoms with van der Waals surface area (Å²) in [5, 5.41) is 10.5. The Kier molecular flexibility index (Phi) is 3.74. The molecule has 92 valence electrons. The molecule has 0 amide bonds. The summed E-state index contributed by atoms with van der Waals surface area (Å²) >= 11 is 2.07. The number of benzene rings is 2. The average molecular weight is 371 g/mol. The Morgan fingerprint density at radius 1 is 1.28 bits per heavy atom. The maximum absolute atomic E-state index is 10.8. The molecule has 0 fully saturated rings. The smallest absolute Gasteiger partial charge is 0.0991 e. The number of nitriles is 1. The van der Waals surface area contributed by atoms with Gasteiger partial charge in [0.2, 0.25) is 0 Å². The van der Waals surface area contributed by atoms with Gasteiger partial charge in [-0.3, -0.25) is 0 Å². The van der Waals surface area contributed by atoms with E-state index < -0.39 is 13.8 Å². The lowest BCUT2D eigenvalue weighted by molar-refractivity contribution is -0.314. The highest BCUT2D eigenvalue weighted by Crippen LogP contribution is 2.32. The first-order chi connectivity index (χ1) is 8.39. The third-order valence-electron chi connectivity index (χ3n) is 2.47. The Bertz CT molecular complexity index is 702. The Labute approximate surface area is 118 Å². The molecular weight excluding hydrogens is 364 g/mol. The van der Waals surface area contributed by atoms with E-state index >= 15 is 0 Å². The van der Waals surface area contributed by atoms with Gasteiger partial charge in [-0.05, 0) is 57.1 Å². The number of hydrogen-bond acceptors (Lipinski definition) is 4. The quantitative estimate of drug-likeness (QED) is 0.594. The number of nitrogens with zero attached hydrogens (tertiary/aromatic N) is 1. The molecule has 0 aliphatic rings. The Hall–Kier alpha value is -0.930. The molecule has 6 heteroatoms. The minimum absolute atomic E-state index is 0.477. The molecule has 0 aliphatic carbocycles. The molecule has 18 heavy (non-hydrogen) atoms. The van der Waals surface area contributed by atoms with Gasteiger partial charge in [-0.2, -0.15) is 5.26 Å². The van der Waals surface area contributed by atoms with E-state index in [-0.39, 0.29) is 0 Å². The molecule has 0 radical (unpaired) electrons. The molecule has 0 aliphatic heterocycles. The first kappa shape index (κ1) is 13.5. The van der Waals surface area contributed by atoms with Crippen LogP contribution in [0.5, 0.6) is 0 Å². The zero-order valence-electron chi connectivity index (χ0n) is 9.09. The van der Waals surface area contributed by atoms with Crippen molar-refractivity contribution in [2.45, 2.75) is 6.16 Å². The molecule has 0 unspecified atom stereocenters. The van der Waals surface area contributed by atoms with Gasteiger partial charge in [-0.15, -0.1) is 0 Å². The van der Waals surface area contributed by atoms with E-state index in [0.29, 0.717) is 11.1 Å². The summed E-state index contributed by atoms with van der Waals surface area (Å²) in [6.07, 6.45) is -0.487. The van der Waals surface area contributed by atoms with Gasteiger partial charge >= 0.3 is 0 Å². The van der Waals surface area contributed by atoms with Crippen LogP contribution in [0.15, 0.2) is 30.3 Å². The maximum atomic E-state index is 10.8. The van der Waals surface area contributed by atoms with Crippen LogP contribution in [-0.4, -0.2) is 0 Å². The summed E-state index contributed by atoms with van der Waals surface area (Å²) in [6, 6.07) is 10.5. The number of halogens is 1. The normalized spacial score (nSPS) is 11.4. The summed E-state index contributed by atoms with van der Waals surface area (Å²) in [4.78, 5) is 21.6. The van der Waals surface area contributed by atoms with Gasteiger partial charge < -0.3 is 14.4 Å². The van der Waals surface area contributed by atoms with Gasteiger partial charge in [-0.1, -0.05) is 19.7 Å². The maximum Gasteiger partial charge on any atom is 0.0991 e. The molecule has 0 atom stereocenters. The van der Waals surface area contributed by atoms with Crippen molar-refractivity contribution in [2.24, 2.45) is 0 Å². The molecule has 0 saturated heterocycles. The lowest BCUT2D eigenvalue weighted by Crippen LogP contribution is -2.15. The van der Waals surface area contributed by atoms with Gasteiger partial charge in [0.05, 0.1) is 11.6 Å². The molecule has 2 rings (SSSR count). The third kappa shape index (κ3) is 3.09. The van der Waals surface area contributed by atoms with Crippen molar-refractivity contribution in [1.82, 2.24) is 0 Å². The summed E-state index contributed by atoms with van der Waals surface area (Å²) < 4.78 is 11.6. The van der Waals surface area contributed by atoms with Crippen LogP contribution in [0, 0.1) is 14.9 Å². The van der Waals surface area contributed by atoms with E-state index in [1.54, 1.807) is 30.3 Å². The van der Waals surface area contributed by atoms with Crippen LogP contribution in [0.1, 0.15) is 11.1 Å². The molecule has 0 bridgehead atoms. The fourth-order valence-corrected chi connectivity index (χ4v) is 3.25. The fraction of sp³-hybridized carbons (Fsp3) is 0.0833. The van der Waals surface area contributed by atoms with Crippen LogP contribution >= 0.6 is 30.2 Å². The Morgan fingerprint density at radius 2 is 2.00 bits per heavy atom. The van der Waals surface area contributed by atoms with Crippen molar-refractivity contribution in [3.63, 3.8) is 0 Å². The summed E-state index contributed by atoms with van der Waals surface area (Å²) in [5.74, 6) is 0. The third-order valence-corrected chi connectivity index (χ3v) is 4.11. The van der Waals surface area contributed by atoms with Gasteiger partial charge in [-0.25, -0.2) is 0 Å². The number of hydrogen-bond donors (Lipinski definition) is 0. The minimum atomic E-state index is -4.56. The largest absolute Gasteiger partial charge is 0.810 e. The van der Waals surface area contributed by atoms with Gasteiger partial charge in [0, 0.05) is 9.73 Å². The van der Waals surface area contributed by atoms with Crippen LogP contribution in [0.2, 0.25) is 0 Å². The highest BCUT2D eigenvalue weighted by molar-refractivity contribution is 14.1. The van der Waals surface area contributed by atoms with Crippen molar-refractivity contribution >= 4 is 41.0 Å². The lowest BCUT2D eigenvalue weighted by Gasteiger charge is -2.29. The van der Waals surface area contributed by atoms with Gasteiger partial charge in [0.25, 0.3) is 0 Å². The summed E-state index contributed by atoms with van der Waals surface area (Å²) in [7, 11) is -4.56. The van der Waals surface area contributed by atoms with E-state index in [2.05, 4.69) is 28.7 Å². The predicted molar refractivity (Wildman–Crippen MR) is 72.7 cm³/mol. The van der Waals surface area contributed by atoms with E-state index in [1.165, 1.54) is 0 Å². The Balaban J connectivity index is 2.57. The first-order valence-electron chi connectivity index (χ1n) is 5.02. The van der Waals surface area contributed by atoms with Crippen molar-refractivity contribution in [3.8, 4) is 6.07 Å². The number of fused-ring (bicyclic) bond motifs is 1. The molecule has 0 saturated carbocycles. The van der Waals surface area contributed by atoms with E-state index in [9.17, 15) is 14.4 Å². The van der Waals surface area contributed by atoms with Crippen LogP contribution in [0.4, 0.5) is 0 Å². The second-order valence-electron chi connectivity index (χ2n) is 3.89. The molecule has 0 heterocycles. The van der Waals surface area contributed by atoms with Crippen LogP contribution in [0.25, 0.3) is 10.8 Å². The summed E-state index contributed by atoms with van der Waals surface area (Å²) in [6.45, 7) is 0. The molecule has 0 aromatic heterocycles. The minimum Gasteiger partial charge on any atom is -0.810 e. The topological polar surface area (TPSA) is 87.0 Å². The molecule has 2 aromatic rings. The molecular formula is C12H7INO3P-2. The zero-order valence-corrected chi connectivity index (χ0v) is 12.1. The monoisotopic (exact) mass is 371 g/mol. The van der Waals surface area contributed by atoms with Crippen molar-refractivity contribution in [1.29, 1.82) is 5.26 Å². The number of rotatable bonds is 2. The van der Waals surface area contributed by atoms with Crippen molar-refractivity contribution < 1.29 is 14.4 Å². The molecule has 0 N–H and O–H groups in total. The van der Waals surface area contributed by atoms with Crippen molar-refractivity contribution in [3.05, 3.63) is 45.0 Å². The second kappa shape index (κ2) is 4.98. The Morgan fingerprint density at radius 3 is 2.61 bits per heavy atom. The van der Waals surface area contributed by atoms with Crippen LogP contribution in [0.3, 0.4) is 0 Å². The standard InChI is InChI=1S/C12H9INO3P/c13-12-5-9(7-18(15,16)17)3-10-2-1-8(6-14)4-11(10)12/h1-5H,7H2,(H2,15,16,17)/p-2. The highest BCUT2D eigenvalue weighted by atomic mass is 127. The van der Waals surface area contributed by atoms with Gasteiger partial charge in [0.15, 0.2) is 0 Å². The first-order valence-corrected chi connectivity index (χ1v) is 7.83. The van der Waals surface area contributed by atoms with Crippen LogP contribution < -0.4 is 9.79 Å². The zero-order chi connectivity index (χ0) is 13.3. The van der Waals surface area contributed by atoms with E-state index in [1.807, 2.05) is 0 Å². The second-order valence-corrected chi connectivity index (χ2v) is 6.59. The van der Waals surface area contributed by atoms with Crippen LogP contribution in [-0.2, 0) is 10.7 Å². The fourth-order valence-electron chi connectivity index (χ4n) is 1.76. The highest BCUT2D eigenvalue weighted by Gasteiger charge is 2.04. The predicted octanol–water partition coefficient (Wildman–Crippen LogP) is 1.73. The molecule has 4 nitrogen and oxygen atoms in total. The lowest BCUT2D eigenvalue weighted by atomic mass is 10.1. The SMILES string of the molecule is N#Cc1ccc2cc(CP(=O)([O-])[O-])cc(I)c2c1. The molecule has 2 aromatic carbocycles. The van der Waals surface area contributed by atoms with Gasteiger partial charge in [0.1, 0.15) is 0 Å². The van der Waals surface area contributed by atoms with Crippen molar-refractivity contribution in [2.75, 3.05) is 0 Å². The van der Waals surface area contributed by atoms with E-state index in [0.717, 1.165) is 14.3 Å². The van der Waals surface area contributed by atoms with E-state index in [4.69, 9.17) is 5.26 Å². The average Bonchev–Trinajstić information content (AvgIpc) is 2.26. The summed E-state index contributed by atoms with van der Waals surface area (Å²) in [5.41, 5.74) is 1.02. The molecule has 0 spiro atoms.